The van der Waals surface area contributed by atoms with Crippen LogP contribution in [0.25, 0.3) is 0 Å². The summed E-state index contributed by atoms with van der Waals surface area (Å²) in [5.74, 6) is 0.374. The molecule has 0 aliphatic heterocycles. The monoisotopic (exact) mass is 578 g/mol. The summed E-state index contributed by atoms with van der Waals surface area (Å²) in [7, 11) is -2.83. The normalized spacial score (nSPS) is 11.1. The van der Waals surface area contributed by atoms with Crippen molar-refractivity contribution in [2.45, 2.75) is 37.9 Å². The lowest BCUT2D eigenvalue weighted by Gasteiger charge is -2.23. The standard InChI is InChI=1S/C30H30N2O8S/c1-21(2)39-29(33)25-10-4-7-13-28(25)41(35,36)40-23-16-14-22(15-17-23)19-32(20-24-9-8-18-38-24)30(34)31-26-11-5-6-12-27(26)37-3/h4-18,21H,19-20H2,1-3H3,(H,31,34). The second kappa shape index (κ2) is 13.1. The number of esters is 1. The lowest BCUT2D eigenvalue weighted by molar-refractivity contribution is 0.0373. The topological polar surface area (TPSA) is 124 Å². The fourth-order valence-corrected chi connectivity index (χ4v) is 5.03. The van der Waals surface area contributed by atoms with E-state index in [2.05, 4.69) is 5.32 Å². The quantitative estimate of drug-likeness (QED) is 0.173. The maximum Gasteiger partial charge on any atom is 0.340 e. The smallest absolute Gasteiger partial charge is 0.340 e. The van der Waals surface area contributed by atoms with E-state index < -0.39 is 28.2 Å². The molecule has 0 aliphatic rings. The largest absolute Gasteiger partial charge is 0.495 e. The molecule has 41 heavy (non-hydrogen) atoms. The fraction of sp³-hybridized carbons (Fsp3) is 0.200. The molecule has 2 amide bonds. The van der Waals surface area contributed by atoms with Crippen LogP contribution in [-0.4, -0.2) is 38.5 Å². The Hall–Kier alpha value is -4.77. The number of carbonyl (C=O) groups excluding carboxylic acids is 2. The molecule has 1 N–H and O–H groups in total. The first-order valence-corrected chi connectivity index (χ1v) is 14.1. The molecule has 0 atom stereocenters. The maximum atomic E-state index is 13.3. The number of carbonyl (C=O) groups is 2. The van der Waals surface area contributed by atoms with Crippen molar-refractivity contribution in [3.63, 3.8) is 0 Å². The van der Waals surface area contributed by atoms with Crippen LogP contribution >= 0.6 is 0 Å². The second-order valence-electron chi connectivity index (χ2n) is 9.20. The van der Waals surface area contributed by atoms with Gasteiger partial charge in [-0.15, -0.1) is 0 Å². The number of anilines is 1. The van der Waals surface area contributed by atoms with E-state index in [4.69, 9.17) is 18.1 Å². The van der Waals surface area contributed by atoms with Crippen molar-refractivity contribution in [1.29, 1.82) is 0 Å². The number of nitrogens with zero attached hydrogens (tertiary/aromatic N) is 1. The van der Waals surface area contributed by atoms with Gasteiger partial charge in [0.25, 0.3) is 0 Å². The SMILES string of the molecule is COc1ccccc1NC(=O)N(Cc1ccc(OS(=O)(=O)c2ccccc2C(=O)OC(C)C)cc1)Cc1ccco1. The van der Waals surface area contributed by atoms with E-state index in [0.717, 1.165) is 0 Å². The Morgan fingerprint density at radius 1 is 0.902 bits per heavy atom. The first kappa shape index (κ1) is 29.2. The van der Waals surface area contributed by atoms with Gasteiger partial charge in [-0.05, 0) is 67.9 Å². The van der Waals surface area contributed by atoms with E-state index in [1.54, 1.807) is 68.4 Å². The minimum absolute atomic E-state index is 0.0387. The highest BCUT2D eigenvalue weighted by atomic mass is 32.2. The number of methoxy groups -OCH3 is 1. The molecular weight excluding hydrogens is 548 g/mol. The Balaban J connectivity index is 1.50. The van der Waals surface area contributed by atoms with Gasteiger partial charge in [0.1, 0.15) is 22.2 Å². The summed E-state index contributed by atoms with van der Waals surface area (Å²) < 4.78 is 47.4. The Labute approximate surface area is 238 Å². The summed E-state index contributed by atoms with van der Waals surface area (Å²) in [5, 5.41) is 2.86. The first-order chi connectivity index (χ1) is 19.7. The summed E-state index contributed by atoms with van der Waals surface area (Å²) >= 11 is 0. The van der Waals surface area contributed by atoms with E-state index >= 15 is 0 Å². The number of hydrogen-bond acceptors (Lipinski definition) is 8. The molecule has 0 saturated heterocycles. The Morgan fingerprint density at radius 3 is 2.29 bits per heavy atom. The number of amides is 2. The zero-order valence-corrected chi connectivity index (χ0v) is 23.6. The third-order valence-electron chi connectivity index (χ3n) is 5.78. The summed E-state index contributed by atoms with van der Waals surface area (Å²) in [6.45, 7) is 3.71. The number of hydrogen-bond donors (Lipinski definition) is 1. The van der Waals surface area contributed by atoms with Crippen molar-refractivity contribution in [2.75, 3.05) is 12.4 Å². The van der Waals surface area contributed by atoms with Crippen molar-refractivity contribution in [2.24, 2.45) is 0 Å². The van der Waals surface area contributed by atoms with Crippen LogP contribution < -0.4 is 14.2 Å². The Bertz CT molecular complexity index is 1580. The van der Waals surface area contributed by atoms with Gasteiger partial charge >= 0.3 is 22.1 Å². The molecule has 4 aromatic rings. The van der Waals surface area contributed by atoms with Crippen LogP contribution in [0.5, 0.6) is 11.5 Å². The molecule has 4 rings (SSSR count). The lowest BCUT2D eigenvalue weighted by atomic mass is 10.2. The average molecular weight is 579 g/mol. The zero-order valence-electron chi connectivity index (χ0n) is 22.8. The van der Waals surface area contributed by atoms with E-state index in [1.165, 1.54) is 48.6 Å². The van der Waals surface area contributed by atoms with Crippen LogP contribution in [0.2, 0.25) is 0 Å². The summed E-state index contributed by atoms with van der Waals surface area (Å²) in [5.41, 5.74) is 1.10. The van der Waals surface area contributed by atoms with Crippen molar-refractivity contribution < 1.29 is 36.1 Å². The minimum atomic E-state index is -4.35. The number of rotatable bonds is 11. The Kier molecular flexibility index (Phi) is 9.30. The third kappa shape index (κ3) is 7.67. The third-order valence-corrected chi connectivity index (χ3v) is 7.09. The molecule has 0 bridgehead atoms. The predicted molar refractivity (Wildman–Crippen MR) is 151 cm³/mol. The number of nitrogens with one attached hydrogen (secondary N) is 1. The van der Waals surface area contributed by atoms with Gasteiger partial charge < -0.3 is 28.3 Å². The second-order valence-corrected chi connectivity index (χ2v) is 10.7. The summed E-state index contributed by atoms with van der Waals surface area (Å²) in [6, 6.07) is 22.1. The number of ether oxygens (including phenoxy) is 2. The summed E-state index contributed by atoms with van der Waals surface area (Å²) in [4.78, 5) is 26.9. The zero-order chi connectivity index (χ0) is 29.4. The van der Waals surface area contributed by atoms with Crippen LogP contribution in [0.1, 0.15) is 35.5 Å². The molecule has 0 aliphatic carbocycles. The molecule has 0 spiro atoms. The van der Waals surface area contributed by atoms with Crippen LogP contribution in [0.15, 0.2) is 101 Å². The number of para-hydroxylation sites is 2. The van der Waals surface area contributed by atoms with E-state index in [-0.39, 0.29) is 29.3 Å². The van der Waals surface area contributed by atoms with Gasteiger partial charge in [0, 0.05) is 6.54 Å². The molecule has 0 saturated carbocycles. The highest BCUT2D eigenvalue weighted by Gasteiger charge is 2.26. The highest BCUT2D eigenvalue weighted by Crippen LogP contribution is 2.26. The van der Waals surface area contributed by atoms with Crippen LogP contribution in [0, 0.1) is 0 Å². The first-order valence-electron chi connectivity index (χ1n) is 12.7. The van der Waals surface area contributed by atoms with Gasteiger partial charge in [-0.25, -0.2) is 9.59 Å². The highest BCUT2D eigenvalue weighted by molar-refractivity contribution is 7.87. The molecule has 1 aromatic heterocycles. The number of benzene rings is 3. The average Bonchev–Trinajstić information content (AvgIpc) is 3.47. The molecule has 11 heteroatoms. The van der Waals surface area contributed by atoms with Crippen LogP contribution in [0.3, 0.4) is 0 Å². The molecule has 0 unspecified atom stereocenters. The fourth-order valence-electron chi connectivity index (χ4n) is 3.91. The molecule has 1 heterocycles. The van der Waals surface area contributed by atoms with Crippen LogP contribution in [-0.2, 0) is 27.9 Å². The summed E-state index contributed by atoms with van der Waals surface area (Å²) in [6.07, 6.45) is 1.11. The lowest BCUT2D eigenvalue weighted by Crippen LogP contribution is -2.34. The van der Waals surface area contributed by atoms with Gasteiger partial charge in [0.05, 0.1) is 37.3 Å². The molecule has 3 aromatic carbocycles. The van der Waals surface area contributed by atoms with E-state index in [0.29, 0.717) is 22.8 Å². The molecule has 0 fully saturated rings. The van der Waals surface area contributed by atoms with Crippen LogP contribution in [0.4, 0.5) is 10.5 Å². The maximum absolute atomic E-state index is 13.3. The van der Waals surface area contributed by atoms with Gasteiger partial charge in [0.2, 0.25) is 0 Å². The molecule has 0 radical (unpaired) electrons. The van der Waals surface area contributed by atoms with Gasteiger partial charge in [0.15, 0.2) is 0 Å². The van der Waals surface area contributed by atoms with Gasteiger partial charge in [-0.2, -0.15) is 8.42 Å². The van der Waals surface area contributed by atoms with Crippen molar-refractivity contribution in [1.82, 2.24) is 4.90 Å². The molecular formula is C30H30N2O8S. The number of furan rings is 1. The van der Waals surface area contributed by atoms with E-state index in [9.17, 15) is 18.0 Å². The van der Waals surface area contributed by atoms with Crippen molar-refractivity contribution >= 4 is 27.8 Å². The van der Waals surface area contributed by atoms with Crippen molar-refractivity contribution in [3.05, 3.63) is 108 Å². The Morgan fingerprint density at radius 2 is 1.61 bits per heavy atom. The molecule has 214 valence electrons. The minimum Gasteiger partial charge on any atom is -0.495 e. The predicted octanol–water partition coefficient (Wildman–Crippen LogP) is 5.86. The number of urea groups is 1. The van der Waals surface area contributed by atoms with Gasteiger partial charge in [-0.1, -0.05) is 36.4 Å². The van der Waals surface area contributed by atoms with Crippen molar-refractivity contribution in [3.8, 4) is 11.5 Å². The molecule has 10 nitrogen and oxygen atoms in total. The van der Waals surface area contributed by atoms with E-state index in [1.807, 2.05) is 0 Å². The van der Waals surface area contributed by atoms with Gasteiger partial charge in [-0.3, -0.25) is 0 Å².